The van der Waals surface area contributed by atoms with Crippen LogP contribution in [0.2, 0.25) is 0 Å². The first-order chi connectivity index (χ1) is 8.15. The monoisotopic (exact) mass is 249 g/mol. The van der Waals surface area contributed by atoms with Crippen molar-refractivity contribution in [3.8, 4) is 0 Å². The third kappa shape index (κ3) is 3.01. The van der Waals surface area contributed by atoms with E-state index in [1.807, 2.05) is 12.3 Å². The third-order valence-electron chi connectivity index (χ3n) is 2.01. The summed E-state index contributed by atoms with van der Waals surface area (Å²) in [6.45, 7) is 2.06. The lowest BCUT2D eigenvalue weighted by Crippen LogP contribution is -2.07. The zero-order valence-electron chi connectivity index (χ0n) is 9.21. The van der Waals surface area contributed by atoms with Gasteiger partial charge in [-0.1, -0.05) is 0 Å². The molecule has 0 saturated carbocycles. The van der Waals surface area contributed by atoms with Gasteiger partial charge < -0.3 is 10.5 Å². The van der Waals surface area contributed by atoms with Crippen LogP contribution in [0.15, 0.2) is 23.7 Å². The minimum Gasteiger partial charge on any atom is -0.454 e. The van der Waals surface area contributed by atoms with E-state index in [-0.39, 0.29) is 12.3 Å². The van der Waals surface area contributed by atoms with Crippen LogP contribution in [-0.2, 0) is 11.3 Å². The van der Waals surface area contributed by atoms with E-state index >= 15 is 0 Å². The smallest absolute Gasteiger partial charge is 0.357 e. The van der Waals surface area contributed by atoms with Gasteiger partial charge in [0, 0.05) is 5.38 Å². The van der Waals surface area contributed by atoms with E-state index in [4.69, 9.17) is 10.5 Å². The molecule has 0 aliphatic carbocycles. The molecule has 0 radical (unpaired) electrons. The van der Waals surface area contributed by atoms with E-state index in [0.29, 0.717) is 5.69 Å². The average Bonchev–Trinajstić information content (AvgIpc) is 2.73. The van der Waals surface area contributed by atoms with Gasteiger partial charge in [-0.25, -0.2) is 14.8 Å². The van der Waals surface area contributed by atoms with Crippen LogP contribution in [0.4, 0.5) is 5.69 Å². The summed E-state index contributed by atoms with van der Waals surface area (Å²) in [5, 5.41) is 2.81. The van der Waals surface area contributed by atoms with Crippen molar-refractivity contribution >= 4 is 23.0 Å². The molecule has 0 atom stereocenters. The normalized spacial score (nSPS) is 10.2. The van der Waals surface area contributed by atoms with Crippen molar-refractivity contribution in [3.63, 3.8) is 0 Å². The molecule has 0 unspecified atom stereocenters. The van der Waals surface area contributed by atoms with E-state index in [9.17, 15) is 4.79 Å². The Labute approximate surface area is 102 Å². The van der Waals surface area contributed by atoms with Gasteiger partial charge in [-0.2, -0.15) is 0 Å². The van der Waals surface area contributed by atoms with Crippen molar-refractivity contribution in [2.24, 2.45) is 0 Å². The summed E-state index contributed by atoms with van der Waals surface area (Å²) < 4.78 is 5.07. The number of hydrogen-bond donors (Lipinski definition) is 1. The second-order valence-corrected chi connectivity index (χ2v) is 4.47. The zero-order valence-corrected chi connectivity index (χ0v) is 10.0. The van der Waals surface area contributed by atoms with Gasteiger partial charge in [0.1, 0.15) is 12.3 Å². The van der Waals surface area contributed by atoms with Gasteiger partial charge in [0.15, 0.2) is 0 Å². The molecule has 2 aromatic rings. The molecule has 2 rings (SSSR count). The van der Waals surface area contributed by atoms with Gasteiger partial charge in [-0.15, -0.1) is 11.3 Å². The highest BCUT2D eigenvalue weighted by Gasteiger charge is 2.09. The first-order valence-electron chi connectivity index (χ1n) is 4.95. The highest BCUT2D eigenvalue weighted by Crippen LogP contribution is 2.10. The number of thiazole rings is 1. The summed E-state index contributed by atoms with van der Waals surface area (Å²) in [4.78, 5) is 19.7. The number of carbonyl (C=O) groups is 1. The number of anilines is 1. The molecular weight excluding hydrogens is 238 g/mol. The predicted molar refractivity (Wildman–Crippen MR) is 64.6 cm³/mol. The number of nitrogen functional groups attached to an aromatic ring is 1. The second kappa shape index (κ2) is 4.92. The van der Waals surface area contributed by atoms with Crippen molar-refractivity contribution < 1.29 is 9.53 Å². The minimum absolute atomic E-state index is 0.162. The van der Waals surface area contributed by atoms with Crippen LogP contribution in [0.3, 0.4) is 0 Å². The van der Waals surface area contributed by atoms with E-state index in [1.165, 1.54) is 23.6 Å². The standard InChI is InChI=1S/C11H11N3O2S/c1-7-14-9(6-17-7)5-16-11(15)10-3-2-8(12)4-13-10/h2-4,6H,5,12H2,1H3. The number of ether oxygens (including phenoxy) is 1. The summed E-state index contributed by atoms with van der Waals surface area (Å²) in [5.41, 5.74) is 6.97. The fourth-order valence-electron chi connectivity index (χ4n) is 1.21. The van der Waals surface area contributed by atoms with E-state index in [1.54, 1.807) is 6.07 Å². The molecule has 0 bridgehead atoms. The third-order valence-corrected chi connectivity index (χ3v) is 2.84. The average molecular weight is 249 g/mol. The summed E-state index contributed by atoms with van der Waals surface area (Å²) in [5.74, 6) is -0.476. The Bertz CT molecular complexity index is 522. The van der Waals surface area contributed by atoms with Crippen molar-refractivity contribution in [2.75, 3.05) is 5.73 Å². The number of esters is 1. The topological polar surface area (TPSA) is 78.1 Å². The van der Waals surface area contributed by atoms with Crippen LogP contribution in [0.1, 0.15) is 21.2 Å². The van der Waals surface area contributed by atoms with Gasteiger partial charge in [0.25, 0.3) is 0 Å². The molecule has 0 aromatic carbocycles. The number of nitrogens with two attached hydrogens (primary N) is 1. The van der Waals surface area contributed by atoms with Gasteiger partial charge in [-0.3, -0.25) is 0 Å². The molecule has 0 aliphatic heterocycles. The quantitative estimate of drug-likeness (QED) is 0.839. The number of rotatable bonds is 3. The Balaban J connectivity index is 1.95. The lowest BCUT2D eigenvalue weighted by molar-refractivity contribution is 0.0461. The predicted octanol–water partition coefficient (Wildman–Crippen LogP) is 1.79. The summed E-state index contributed by atoms with van der Waals surface area (Å²) in [7, 11) is 0. The largest absolute Gasteiger partial charge is 0.454 e. The fraction of sp³-hybridized carbons (Fsp3) is 0.182. The number of nitrogens with zero attached hydrogens (tertiary/aromatic N) is 2. The summed E-state index contributed by atoms with van der Waals surface area (Å²) in [6.07, 6.45) is 1.42. The highest BCUT2D eigenvalue weighted by atomic mass is 32.1. The maximum atomic E-state index is 11.6. The number of carbonyl (C=O) groups excluding carboxylic acids is 1. The van der Waals surface area contributed by atoms with Gasteiger partial charge >= 0.3 is 5.97 Å². The molecule has 2 N–H and O–H groups in total. The van der Waals surface area contributed by atoms with Crippen LogP contribution in [-0.4, -0.2) is 15.9 Å². The van der Waals surface area contributed by atoms with Crippen LogP contribution in [0, 0.1) is 6.92 Å². The minimum atomic E-state index is -0.476. The lowest BCUT2D eigenvalue weighted by atomic mass is 10.3. The van der Waals surface area contributed by atoms with Gasteiger partial charge in [0.2, 0.25) is 0 Å². The molecular formula is C11H11N3O2S. The van der Waals surface area contributed by atoms with E-state index in [0.717, 1.165) is 10.7 Å². The number of hydrogen-bond acceptors (Lipinski definition) is 6. The molecule has 6 heteroatoms. The summed E-state index contributed by atoms with van der Waals surface area (Å²) >= 11 is 1.52. The molecule has 5 nitrogen and oxygen atoms in total. The molecule has 0 spiro atoms. The Morgan fingerprint density at radius 1 is 1.53 bits per heavy atom. The maximum Gasteiger partial charge on any atom is 0.357 e. The van der Waals surface area contributed by atoms with Gasteiger partial charge in [0.05, 0.1) is 22.6 Å². The molecule has 0 fully saturated rings. The number of pyridine rings is 1. The Morgan fingerprint density at radius 3 is 2.94 bits per heavy atom. The molecule has 0 saturated heterocycles. The van der Waals surface area contributed by atoms with Crippen molar-refractivity contribution in [1.82, 2.24) is 9.97 Å². The van der Waals surface area contributed by atoms with Crippen molar-refractivity contribution in [1.29, 1.82) is 0 Å². The highest BCUT2D eigenvalue weighted by molar-refractivity contribution is 7.09. The molecule has 88 valence electrons. The van der Waals surface area contributed by atoms with Crippen LogP contribution in [0.5, 0.6) is 0 Å². The first-order valence-corrected chi connectivity index (χ1v) is 5.83. The van der Waals surface area contributed by atoms with Crippen LogP contribution >= 0.6 is 11.3 Å². The Kier molecular flexibility index (Phi) is 3.34. The molecule has 17 heavy (non-hydrogen) atoms. The number of aromatic nitrogens is 2. The lowest BCUT2D eigenvalue weighted by Gasteiger charge is -2.02. The van der Waals surface area contributed by atoms with Gasteiger partial charge in [-0.05, 0) is 19.1 Å². The fourth-order valence-corrected chi connectivity index (χ4v) is 1.81. The van der Waals surface area contributed by atoms with Crippen LogP contribution < -0.4 is 5.73 Å². The SMILES string of the molecule is Cc1nc(COC(=O)c2ccc(N)cn2)cs1. The second-order valence-electron chi connectivity index (χ2n) is 3.41. The van der Waals surface area contributed by atoms with E-state index in [2.05, 4.69) is 9.97 Å². The van der Waals surface area contributed by atoms with Crippen LogP contribution in [0.25, 0.3) is 0 Å². The molecule has 0 amide bonds. The number of aryl methyl sites for hydroxylation is 1. The first kappa shape index (κ1) is 11.5. The maximum absolute atomic E-state index is 11.6. The molecule has 0 aliphatic rings. The van der Waals surface area contributed by atoms with Crippen molar-refractivity contribution in [3.05, 3.63) is 40.1 Å². The molecule has 2 heterocycles. The zero-order chi connectivity index (χ0) is 12.3. The summed E-state index contributed by atoms with van der Waals surface area (Å²) in [6, 6.07) is 3.14. The Morgan fingerprint density at radius 2 is 2.35 bits per heavy atom. The Hall–Kier alpha value is -1.95. The van der Waals surface area contributed by atoms with E-state index < -0.39 is 5.97 Å². The molecule has 2 aromatic heterocycles. The van der Waals surface area contributed by atoms with Crippen molar-refractivity contribution in [2.45, 2.75) is 13.5 Å².